The summed E-state index contributed by atoms with van der Waals surface area (Å²) in [6, 6.07) is 18.6. The first-order chi connectivity index (χ1) is 20.8. The van der Waals surface area contributed by atoms with Crippen molar-refractivity contribution in [1.82, 2.24) is 4.90 Å². The lowest BCUT2D eigenvalue weighted by Crippen LogP contribution is -2.70. The molecular weight excluding hydrogens is 564 g/mol. The molecule has 10 nitrogen and oxygen atoms in total. The van der Waals surface area contributed by atoms with Gasteiger partial charge in [-0.15, -0.1) is 0 Å². The van der Waals surface area contributed by atoms with E-state index in [-0.39, 0.29) is 11.3 Å². The van der Waals surface area contributed by atoms with E-state index in [2.05, 4.69) is 0 Å². The van der Waals surface area contributed by atoms with Crippen LogP contribution in [0, 0.1) is 11.8 Å². The molecule has 0 unspecified atom stereocenters. The Kier molecular flexibility index (Phi) is 6.77. The number of nitrogens with two attached hydrogens (primary N) is 1. The Balaban J connectivity index is 1.69. The fourth-order valence-corrected chi connectivity index (χ4v) is 7.46. The van der Waals surface area contributed by atoms with Crippen molar-refractivity contribution in [3.8, 4) is 28.0 Å². The molecule has 44 heavy (non-hydrogen) atoms. The summed E-state index contributed by atoms with van der Waals surface area (Å²) in [6.07, 6.45) is -1.68. The monoisotopic (exact) mass is 596 g/mol. The molecule has 226 valence electrons. The maximum absolute atomic E-state index is 14.4. The first-order valence-electron chi connectivity index (χ1n) is 14.2. The average molecular weight is 597 g/mol. The number of nitrogens with zero attached hydrogens (tertiary/aromatic N) is 1. The summed E-state index contributed by atoms with van der Waals surface area (Å²) in [5.41, 5.74) is 3.85. The zero-order valence-corrected chi connectivity index (χ0v) is 24.2. The summed E-state index contributed by atoms with van der Waals surface area (Å²) in [5.74, 6) is -9.30. The molecule has 1 amide bonds. The molecule has 3 aromatic rings. The van der Waals surface area contributed by atoms with Crippen LogP contribution in [0.4, 0.5) is 0 Å². The van der Waals surface area contributed by atoms with Gasteiger partial charge in [0.05, 0.1) is 23.6 Å². The molecule has 3 aromatic carbocycles. The van der Waals surface area contributed by atoms with Crippen LogP contribution in [0.5, 0.6) is 5.75 Å². The van der Waals surface area contributed by atoms with Gasteiger partial charge in [0.25, 0.3) is 5.91 Å². The van der Waals surface area contributed by atoms with Crippen molar-refractivity contribution in [2.24, 2.45) is 17.6 Å². The number of carbonyl (C=O) groups is 3. The van der Waals surface area contributed by atoms with Gasteiger partial charge in [0.1, 0.15) is 22.8 Å². The Hall–Kier alpha value is -4.77. The maximum atomic E-state index is 14.4. The Labute approximate surface area is 253 Å². The van der Waals surface area contributed by atoms with Gasteiger partial charge in [-0.1, -0.05) is 67.6 Å². The molecule has 0 saturated heterocycles. The van der Waals surface area contributed by atoms with E-state index < -0.39 is 75.6 Å². The van der Waals surface area contributed by atoms with Crippen LogP contribution in [0.2, 0.25) is 0 Å². The largest absolute Gasteiger partial charge is 0.508 e. The molecule has 6 rings (SSSR count). The second-order valence-electron chi connectivity index (χ2n) is 11.9. The number of phenols is 1. The number of amides is 1. The highest BCUT2D eigenvalue weighted by Gasteiger charge is 2.68. The number of phenolic OH excluding ortho intramolecular Hbond substituents is 1. The summed E-state index contributed by atoms with van der Waals surface area (Å²) < 4.78 is 0. The summed E-state index contributed by atoms with van der Waals surface area (Å²) in [6.45, 7) is 1.73. The van der Waals surface area contributed by atoms with Crippen LogP contribution in [0.3, 0.4) is 0 Å². The van der Waals surface area contributed by atoms with Gasteiger partial charge in [0.15, 0.2) is 11.4 Å². The second kappa shape index (κ2) is 10.2. The zero-order valence-electron chi connectivity index (χ0n) is 24.2. The lowest BCUT2D eigenvalue weighted by molar-refractivity contribution is -0.169. The number of rotatable bonds is 4. The highest BCUT2D eigenvalue weighted by Crippen LogP contribution is 2.58. The molecule has 0 aliphatic heterocycles. The SMILES string of the molecule is C[C@@H]1c2c(-c3ccccc3)cc(-c3ccccc3)c(O)c2C(O)=C2C(=O)[C@@]3(O)C(O)=C(C(N)=O)C(=O)[C@H](N(C)C)[C@H]3[C@H](O)[C@H]21. The number of hydrogen-bond donors (Lipinski definition) is 6. The number of aliphatic hydroxyl groups excluding tert-OH is 3. The van der Waals surface area contributed by atoms with E-state index in [0.717, 1.165) is 5.56 Å². The molecule has 7 N–H and O–H groups in total. The van der Waals surface area contributed by atoms with Gasteiger partial charge >= 0.3 is 0 Å². The van der Waals surface area contributed by atoms with Crippen molar-refractivity contribution in [2.75, 3.05) is 14.1 Å². The van der Waals surface area contributed by atoms with Gasteiger partial charge in [0, 0.05) is 17.1 Å². The number of primary amides is 1. The van der Waals surface area contributed by atoms with E-state index in [4.69, 9.17) is 5.73 Å². The molecule has 0 radical (unpaired) electrons. The van der Waals surface area contributed by atoms with E-state index in [1.54, 1.807) is 37.3 Å². The predicted octanol–water partition coefficient (Wildman–Crippen LogP) is 2.83. The van der Waals surface area contributed by atoms with Crippen LogP contribution in [-0.4, -0.2) is 79.7 Å². The number of carbonyl (C=O) groups excluding carboxylic acids is 3. The number of fused-ring (bicyclic) bond motifs is 3. The molecule has 1 saturated carbocycles. The van der Waals surface area contributed by atoms with Crippen molar-refractivity contribution in [3.05, 3.63) is 94.8 Å². The van der Waals surface area contributed by atoms with Gasteiger partial charge < -0.3 is 31.3 Å². The third kappa shape index (κ3) is 3.81. The lowest BCUT2D eigenvalue weighted by Gasteiger charge is -2.54. The van der Waals surface area contributed by atoms with Crippen LogP contribution in [0.15, 0.2) is 83.6 Å². The highest BCUT2D eigenvalue weighted by molar-refractivity contribution is 6.24. The molecule has 0 heterocycles. The molecule has 0 bridgehead atoms. The minimum atomic E-state index is -2.97. The highest BCUT2D eigenvalue weighted by atomic mass is 16.4. The maximum Gasteiger partial charge on any atom is 0.255 e. The number of aliphatic hydroxyl groups is 4. The van der Waals surface area contributed by atoms with Crippen molar-refractivity contribution >= 4 is 23.2 Å². The smallest absolute Gasteiger partial charge is 0.255 e. The van der Waals surface area contributed by atoms with Gasteiger partial charge in [-0.25, -0.2) is 0 Å². The fraction of sp³-hybridized carbons (Fsp3) is 0.265. The Morgan fingerprint density at radius 2 is 1.45 bits per heavy atom. The van der Waals surface area contributed by atoms with Crippen molar-refractivity contribution < 1.29 is 39.9 Å². The third-order valence-electron chi connectivity index (χ3n) is 9.39. The second-order valence-corrected chi connectivity index (χ2v) is 11.9. The number of ketones is 2. The van der Waals surface area contributed by atoms with E-state index in [1.165, 1.54) is 19.0 Å². The van der Waals surface area contributed by atoms with E-state index >= 15 is 0 Å². The van der Waals surface area contributed by atoms with Crippen LogP contribution in [0.25, 0.3) is 28.0 Å². The van der Waals surface area contributed by atoms with E-state index in [9.17, 15) is 39.9 Å². The minimum absolute atomic E-state index is 0.0544. The number of aromatic hydroxyl groups is 1. The molecule has 3 aliphatic rings. The Bertz CT molecular complexity index is 1800. The number of benzene rings is 3. The molecule has 1 fully saturated rings. The summed E-state index contributed by atoms with van der Waals surface area (Å²) in [7, 11) is 2.94. The summed E-state index contributed by atoms with van der Waals surface area (Å²) >= 11 is 0. The van der Waals surface area contributed by atoms with Crippen LogP contribution in [-0.2, 0) is 14.4 Å². The minimum Gasteiger partial charge on any atom is -0.508 e. The topological polar surface area (TPSA) is 182 Å². The van der Waals surface area contributed by atoms with Crippen molar-refractivity contribution in [3.63, 3.8) is 0 Å². The van der Waals surface area contributed by atoms with Crippen molar-refractivity contribution in [2.45, 2.75) is 30.6 Å². The molecular formula is C34H32N2O8. The zero-order chi connectivity index (χ0) is 31.8. The fourth-order valence-electron chi connectivity index (χ4n) is 7.46. The molecule has 0 aromatic heterocycles. The van der Waals surface area contributed by atoms with Crippen LogP contribution >= 0.6 is 0 Å². The average Bonchev–Trinajstić information content (AvgIpc) is 2.99. The summed E-state index contributed by atoms with van der Waals surface area (Å²) in [4.78, 5) is 41.4. The molecule has 3 aliphatic carbocycles. The Morgan fingerprint density at radius 3 is 1.98 bits per heavy atom. The van der Waals surface area contributed by atoms with Crippen LogP contribution in [0.1, 0.15) is 24.0 Å². The van der Waals surface area contributed by atoms with Crippen molar-refractivity contribution in [1.29, 1.82) is 0 Å². The number of likely N-dealkylation sites (N-methyl/N-ethyl adjacent to an activating group) is 1. The Morgan fingerprint density at radius 1 is 0.909 bits per heavy atom. The van der Waals surface area contributed by atoms with Gasteiger partial charge in [-0.05, 0) is 48.3 Å². The first kappa shape index (κ1) is 29.3. The van der Waals surface area contributed by atoms with E-state index in [1.807, 2.05) is 36.4 Å². The van der Waals surface area contributed by atoms with Gasteiger partial charge in [-0.2, -0.15) is 0 Å². The van der Waals surface area contributed by atoms with Gasteiger partial charge in [0.2, 0.25) is 5.78 Å². The molecule has 6 atom stereocenters. The first-order valence-corrected chi connectivity index (χ1v) is 14.2. The standard InChI is InChI=1S/C34H32N2O8/c1-15-20-18(16-10-6-4-7-11-16)14-19(17-12-8-5-9-13-17)27(37)22(20)28(38)23-21(15)29(39)25-26(36(2)3)30(40)24(33(35)43)32(42)34(25,44)31(23)41/h4-15,21,25-26,29,37-39,42,44H,1-3H3,(H2,35,43)/t15-,21+,25+,26-,29-,34-/m1/s1. The molecule has 10 heteroatoms. The quantitative estimate of drug-likeness (QED) is 0.247. The number of hydrogen-bond acceptors (Lipinski definition) is 9. The molecule has 0 spiro atoms. The van der Waals surface area contributed by atoms with E-state index in [0.29, 0.717) is 22.3 Å². The normalized spacial score (nSPS) is 28.1. The van der Waals surface area contributed by atoms with Crippen LogP contribution < -0.4 is 5.73 Å². The van der Waals surface area contributed by atoms with Gasteiger partial charge in [-0.3, -0.25) is 19.3 Å². The summed E-state index contributed by atoms with van der Waals surface area (Å²) in [5, 5.41) is 58.7. The third-order valence-corrected chi connectivity index (χ3v) is 9.39. The predicted molar refractivity (Wildman–Crippen MR) is 161 cm³/mol. The lowest BCUT2D eigenvalue weighted by atomic mass is 9.54. The number of Topliss-reactive ketones (excluding diaryl/α,β-unsaturated/α-hetero) is 2.